The van der Waals surface area contributed by atoms with Crippen LogP contribution in [0, 0.1) is 5.82 Å². The Morgan fingerprint density at radius 2 is 2.04 bits per heavy atom. The van der Waals surface area contributed by atoms with E-state index in [1.165, 1.54) is 12.1 Å². The lowest BCUT2D eigenvalue weighted by atomic mass is 10.0. The van der Waals surface area contributed by atoms with E-state index in [-0.39, 0.29) is 18.0 Å². The third-order valence-corrected chi connectivity index (χ3v) is 4.91. The molecule has 0 radical (unpaired) electrons. The molecule has 0 spiro atoms. The van der Waals surface area contributed by atoms with Gasteiger partial charge in [-0.15, -0.1) is 0 Å². The van der Waals surface area contributed by atoms with E-state index in [4.69, 9.17) is 15.2 Å². The molecule has 3 N–H and O–H groups in total. The zero-order chi connectivity index (χ0) is 17.9. The smallest absolute Gasteiger partial charge is 0.161 e. The number of anilines is 2. The van der Waals surface area contributed by atoms with Gasteiger partial charge in [-0.3, -0.25) is 4.90 Å². The van der Waals surface area contributed by atoms with E-state index in [0.717, 1.165) is 49.7 Å². The molecule has 0 aromatic heterocycles. The molecule has 6 heteroatoms. The van der Waals surface area contributed by atoms with Crippen molar-refractivity contribution in [2.75, 3.05) is 37.3 Å². The quantitative estimate of drug-likeness (QED) is 0.824. The molecule has 0 unspecified atom stereocenters. The molecule has 2 heterocycles. The molecule has 5 nitrogen and oxygen atoms in total. The number of benzene rings is 2. The summed E-state index contributed by atoms with van der Waals surface area (Å²) in [6.07, 6.45) is 2.20. The predicted octanol–water partition coefficient (Wildman–Crippen LogP) is 3.12. The molecule has 1 saturated heterocycles. The van der Waals surface area contributed by atoms with Gasteiger partial charge in [-0.1, -0.05) is 12.1 Å². The number of fused-ring (bicyclic) bond motifs is 1. The summed E-state index contributed by atoms with van der Waals surface area (Å²) in [7, 11) is 0. The molecular formula is C20H24FN3O2. The Morgan fingerprint density at radius 1 is 1.19 bits per heavy atom. The van der Waals surface area contributed by atoms with Crippen LogP contribution >= 0.6 is 0 Å². The van der Waals surface area contributed by atoms with Crippen molar-refractivity contribution in [3.8, 4) is 11.5 Å². The van der Waals surface area contributed by atoms with Crippen LogP contribution in [0.1, 0.15) is 12.8 Å². The summed E-state index contributed by atoms with van der Waals surface area (Å²) >= 11 is 0. The Morgan fingerprint density at radius 3 is 2.88 bits per heavy atom. The fourth-order valence-corrected chi connectivity index (χ4v) is 3.67. The summed E-state index contributed by atoms with van der Waals surface area (Å²) in [6, 6.07) is 12.6. The Balaban J connectivity index is 1.34. The maximum Gasteiger partial charge on any atom is 0.161 e. The van der Waals surface area contributed by atoms with Crippen LogP contribution in [0.5, 0.6) is 11.5 Å². The van der Waals surface area contributed by atoms with Crippen LogP contribution in [-0.2, 0) is 0 Å². The second kappa shape index (κ2) is 7.41. The second-order valence-electron chi connectivity index (χ2n) is 6.97. The van der Waals surface area contributed by atoms with Gasteiger partial charge in [0, 0.05) is 19.1 Å². The van der Waals surface area contributed by atoms with Gasteiger partial charge in [0.15, 0.2) is 11.5 Å². The molecule has 2 atom stereocenters. The lowest BCUT2D eigenvalue weighted by Gasteiger charge is -2.37. The van der Waals surface area contributed by atoms with E-state index < -0.39 is 0 Å². The van der Waals surface area contributed by atoms with Crippen LogP contribution in [0.25, 0.3) is 0 Å². The largest absolute Gasteiger partial charge is 0.486 e. The van der Waals surface area contributed by atoms with E-state index in [2.05, 4.69) is 10.2 Å². The Hall–Kier alpha value is -2.47. The van der Waals surface area contributed by atoms with E-state index >= 15 is 0 Å². The number of nitrogens with one attached hydrogen (secondary N) is 1. The number of nitrogens with two attached hydrogens (primary N) is 1. The zero-order valence-corrected chi connectivity index (χ0v) is 14.7. The van der Waals surface area contributed by atoms with Crippen molar-refractivity contribution in [3.05, 3.63) is 48.3 Å². The van der Waals surface area contributed by atoms with Gasteiger partial charge >= 0.3 is 0 Å². The summed E-state index contributed by atoms with van der Waals surface area (Å²) in [5.74, 6) is 1.32. The average Bonchev–Trinajstić information content (AvgIpc) is 2.64. The van der Waals surface area contributed by atoms with Crippen molar-refractivity contribution in [3.63, 3.8) is 0 Å². The van der Waals surface area contributed by atoms with Gasteiger partial charge in [-0.25, -0.2) is 4.39 Å². The van der Waals surface area contributed by atoms with Gasteiger partial charge in [0.1, 0.15) is 18.5 Å². The monoisotopic (exact) mass is 357 g/mol. The minimum Gasteiger partial charge on any atom is -0.486 e. The van der Waals surface area contributed by atoms with Gasteiger partial charge < -0.3 is 20.5 Å². The molecule has 0 bridgehead atoms. The molecule has 0 saturated carbocycles. The molecule has 2 aliphatic rings. The Labute approximate surface area is 152 Å². The summed E-state index contributed by atoms with van der Waals surface area (Å²) in [5.41, 5.74) is 7.16. The number of ether oxygens (including phenoxy) is 2. The first-order valence-electron chi connectivity index (χ1n) is 9.10. The Kier molecular flexibility index (Phi) is 4.84. The SMILES string of the molecule is Nc1cc(F)ccc1N[C@H]1CCCN(C[C@H]2COc3ccccc3O2)C1. The van der Waals surface area contributed by atoms with E-state index in [1.807, 2.05) is 24.3 Å². The lowest BCUT2D eigenvalue weighted by Crippen LogP contribution is -2.48. The average molecular weight is 357 g/mol. The normalized spacial score (nSPS) is 22.8. The van der Waals surface area contributed by atoms with E-state index in [9.17, 15) is 4.39 Å². The van der Waals surface area contributed by atoms with Crippen molar-refractivity contribution < 1.29 is 13.9 Å². The number of halogens is 1. The number of nitrogen functional groups attached to an aromatic ring is 1. The van der Waals surface area contributed by atoms with Crippen molar-refractivity contribution >= 4 is 11.4 Å². The third-order valence-electron chi connectivity index (χ3n) is 4.91. The van der Waals surface area contributed by atoms with Gasteiger partial charge in [0.2, 0.25) is 0 Å². The minimum atomic E-state index is -0.312. The molecule has 1 fully saturated rings. The summed E-state index contributed by atoms with van der Waals surface area (Å²) < 4.78 is 25.1. The van der Waals surface area contributed by atoms with Crippen molar-refractivity contribution in [1.29, 1.82) is 0 Å². The van der Waals surface area contributed by atoms with Crippen LogP contribution < -0.4 is 20.5 Å². The number of nitrogens with zero attached hydrogens (tertiary/aromatic N) is 1. The highest BCUT2D eigenvalue weighted by Crippen LogP contribution is 2.31. The fourth-order valence-electron chi connectivity index (χ4n) is 3.67. The number of likely N-dealkylation sites (tertiary alicyclic amines) is 1. The number of piperidine rings is 1. The van der Waals surface area contributed by atoms with E-state index in [1.54, 1.807) is 6.07 Å². The molecule has 2 aromatic rings. The van der Waals surface area contributed by atoms with Crippen LogP contribution in [0.4, 0.5) is 15.8 Å². The summed E-state index contributed by atoms with van der Waals surface area (Å²) in [6.45, 7) is 3.33. The number of para-hydroxylation sites is 2. The summed E-state index contributed by atoms with van der Waals surface area (Å²) in [5, 5.41) is 3.45. The van der Waals surface area contributed by atoms with Crippen molar-refractivity contribution in [2.24, 2.45) is 0 Å². The number of rotatable bonds is 4. The van der Waals surface area contributed by atoms with Crippen LogP contribution in [0.3, 0.4) is 0 Å². The highest BCUT2D eigenvalue weighted by Gasteiger charge is 2.26. The lowest BCUT2D eigenvalue weighted by molar-refractivity contribution is 0.0518. The first-order valence-corrected chi connectivity index (χ1v) is 9.10. The standard InChI is InChI=1S/C20H24FN3O2/c21-14-7-8-18(17(22)10-14)23-15-4-3-9-24(11-15)12-16-13-25-19-5-1-2-6-20(19)26-16/h1-2,5-8,10,15-16,23H,3-4,9,11-13,22H2/t15-,16-/m0/s1. The van der Waals surface area contributed by atoms with Gasteiger partial charge in [0.05, 0.1) is 11.4 Å². The zero-order valence-electron chi connectivity index (χ0n) is 14.7. The third kappa shape index (κ3) is 3.85. The van der Waals surface area contributed by atoms with E-state index in [0.29, 0.717) is 12.3 Å². The molecule has 4 rings (SSSR count). The molecule has 2 aliphatic heterocycles. The molecular weight excluding hydrogens is 333 g/mol. The van der Waals surface area contributed by atoms with Crippen LogP contribution in [0.2, 0.25) is 0 Å². The topological polar surface area (TPSA) is 59.8 Å². The fraction of sp³-hybridized carbons (Fsp3) is 0.400. The van der Waals surface area contributed by atoms with Gasteiger partial charge in [-0.05, 0) is 49.7 Å². The summed E-state index contributed by atoms with van der Waals surface area (Å²) in [4.78, 5) is 2.39. The number of hydrogen-bond acceptors (Lipinski definition) is 5. The maximum atomic E-state index is 13.2. The highest BCUT2D eigenvalue weighted by molar-refractivity contribution is 5.66. The molecule has 26 heavy (non-hydrogen) atoms. The predicted molar refractivity (Wildman–Crippen MR) is 100 cm³/mol. The van der Waals surface area contributed by atoms with Crippen molar-refractivity contribution in [1.82, 2.24) is 4.90 Å². The molecule has 0 aliphatic carbocycles. The maximum absolute atomic E-state index is 13.2. The molecule has 0 amide bonds. The highest BCUT2D eigenvalue weighted by atomic mass is 19.1. The van der Waals surface area contributed by atoms with Crippen molar-refractivity contribution in [2.45, 2.75) is 25.0 Å². The number of hydrogen-bond donors (Lipinski definition) is 2. The van der Waals surface area contributed by atoms with Crippen LogP contribution in [-0.4, -0.2) is 43.3 Å². The Bertz CT molecular complexity index is 770. The van der Waals surface area contributed by atoms with Gasteiger partial charge in [-0.2, -0.15) is 0 Å². The second-order valence-corrected chi connectivity index (χ2v) is 6.97. The molecule has 2 aromatic carbocycles. The molecule has 138 valence electrons. The first kappa shape index (κ1) is 17.0. The minimum absolute atomic E-state index is 0.0274. The first-order chi connectivity index (χ1) is 12.7. The van der Waals surface area contributed by atoms with Crippen LogP contribution in [0.15, 0.2) is 42.5 Å². The van der Waals surface area contributed by atoms with Gasteiger partial charge in [0.25, 0.3) is 0 Å².